The third-order valence-electron chi connectivity index (χ3n) is 3.51. The fourth-order valence-electron chi connectivity index (χ4n) is 2.11. The van der Waals surface area contributed by atoms with E-state index >= 15 is 0 Å². The van der Waals surface area contributed by atoms with Gasteiger partial charge < -0.3 is 9.47 Å². The lowest BCUT2D eigenvalue weighted by molar-refractivity contribution is 0.0933. The van der Waals surface area contributed by atoms with Gasteiger partial charge in [0.05, 0.1) is 12.2 Å². The van der Waals surface area contributed by atoms with Crippen molar-refractivity contribution in [2.75, 3.05) is 20.3 Å². The average molecular weight is 387 g/mol. The lowest BCUT2D eigenvalue weighted by Crippen LogP contribution is -2.48. The highest BCUT2D eigenvalue weighted by molar-refractivity contribution is 7.80. The minimum atomic E-state index is -0.454. The van der Waals surface area contributed by atoms with Crippen molar-refractivity contribution < 1.29 is 19.1 Å². The van der Waals surface area contributed by atoms with Crippen LogP contribution in [0.25, 0.3) is 0 Å². The Labute approximate surface area is 163 Å². The zero-order chi connectivity index (χ0) is 19.6. The number of ether oxygens (including phenoxy) is 2. The largest absolute Gasteiger partial charge is 0.490 e. The standard InChI is InChI=1S/C19H21N3O4S/c1-13-7-9-14(10-8-13)17(23)21-22-19(27)20-18(24)15-5-3-4-6-16(15)26-12-11-25-2/h3-10H,11-12H2,1-2H3,(H,21,23)(H2,20,22,24,27). The highest BCUT2D eigenvalue weighted by Gasteiger charge is 2.14. The minimum Gasteiger partial charge on any atom is -0.490 e. The Morgan fingerprint density at radius 3 is 2.37 bits per heavy atom. The Bertz CT molecular complexity index is 809. The molecule has 0 atom stereocenters. The van der Waals surface area contributed by atoms with E-state index in [1.165, 1.54) is 0 Å². The van der Waals surface area contributed by atoms with E-state index in [1.54, 1.807) is 43.5 Å². The molecule has 0 fully saturated rings. The Kier molecular flexibility index (Phi) is 7.72. The molecular weight excluding hydrogens is 366 g/mol. The fraction of sp³-hybridized carbons (Fsp3) is 0.211. The average Bonchev–Trinajstić information content (AvgIpc) is 2.67. The topological polar surface area (TPSA) is 88.7 Å². The predicted molar refractivity (Wildman–Crippen MR) is 106 cm³/mol. The number of thiocarbonyl (C=S) groups is 1. The molecule has 0 bridgehead atoms. The maximum absolute atomic E-state index is 12.4. The summed E-state index contributed by atoms with van der Waals surface area (Å²) in [5.74, 6) is -0.404. The third kappa shape index (κ3) is 6.36. The quantitative estimate of drug-likeness (QED) is 0.399. The van der Waals surface area contributed by atoms with Crippen LogP contribution in [0, 0.1) is 6.92 Å². The highest BCUT2D eigenvalue weighted by Crippen LogP contribution is 2.17. The Hall–Kier alpha value is -2.97. The van der Waals surface area contributed by atoms with Gasteiger partial charge in [-0.1, -0.05) is 29.8 Å². The molecule has 8 heteroatoms. The number of amides is 2. The van der Waals surface area contributed by atoms with Gasteiger partial charge in [-0.15, -0.1) is 0 Å². The number of aryl methyl sites for hydroxylation is 1. The number of hydrogen-bond acceptors (Lipinski definition) is 5. The van der Waals surface area contributed by atoms with Gasteiger partial charge in [-0.2, -0.15) is 0 Å². The smallest absolute Gasteiger partial charge is 0.269 e. The summed E-state index contributed by atoms with van der Waals surface area (Å²) in [5, 5.41) is 2.46. The number of rotatable bonds is 6. The third-order valence-corrected chi connectivity index (χ3v) is 3.71. The van der Waals surface area contributed by atoms with E-state index in [1.807, 2.05) is 19.1 Å². The highest BCUT2D eigenvalue weighted by atomic mass is 32.1. The summed E-state index contributed by atoms with van der Waals surface area (Å²) in [4.78, 5) is 24.4. The van der Waals surface area contributed by atoms with Crippen LogP contribution in [-0.2, 0) is 4.74 Å². The lowest BCUT2D eigenvalue weighted by Gasteiger charge is -2.13. The van der Waals surface area contributed by atoms with Crippen LogP contribution in [0.5, 0.6) is 5.75 Å². The van der Waals surface area contributed by atoms with Crippen LogP contribution in [0.2, 0.25) is 0 Å². The molecule has 0 heterocycles. The molecule has 0 spiro atoms. The van der Waals surface area contributed by atoms with Crippen LogP contribution in [0.15, 0.2) is 48.5 Å². The van der Waals surface area contributed by atoms with E-state index in [0.717, 1.165) is 5.56 Å². The molecule has 0 aliphatic rings. The summed E-state index contributed by atoms with van der Waals surface area (Å²) < 4.78 is 10.5. The van der Waals surface area contributed by atoms with Crippen LogP contribution in [-0.4, -0.2) is 37.3 Å². The molecule has 0 unspecified atom stereocenters. The van der Waals surface area contributed by atoms with E-state index in [0.29, 0.717) is 30.1 Å². The van der Waals surface area contributed by atoms with Crippen molar-refractivity contribution in [3.05, 3.63) is 65.2 Å². The van der Waals surface area contributed by atoms with Crippen LogP contribution in [0.1, 0.15) is 26.3 Å². The number of benzene rings is 2. The second-order valence-corrected chi connectivity index (χ2v) is 5.97. The van der Waals surface area contributed by atoms with Crippen molar-refractivity contribution >= 4 is 29.1 Å². The number of carbonyl (C=O) groups is 2. The van der Waals surface area contributed by atoms with Crippen molar-refractivity contribution in [2.45, 2.75) is 6.92 Å². The summed E-state index contributed by atoms with van der Waals surface area (Å²) in [7, 11) is 1.57. The first-order valence-electron chi connectivity index (χ1n) is 8.20. The molecule has 0 saturated heterocycles. The zero-order valence-corrected chi connectivity index (χ0v) is 15.9. The van der Waals surface area contributed by atoms with Gasteiger partial charge in [0.2, 0.25) is 0 Å². The van der Waals surface area contributed by atoms with Gasteiger partial charge in [0.1, 0.15) is 12.4 Å². The molecule has 2 amide bonds. The molecule has 0 aliphatic carbocycles. The van der Waals surface area contributed by atoms with E-state index in [2.05, 4.69) is 16.2 Å². The molecule has 0 aliphatic heterocycles. The predicted octanol–water partition coefficient (Wildman–Crippen LogP) is 1.97. The molecule has 27 heavy (non-hydrogen) atoms. The number of hydrogen-bond donors (Lipinski definition) is 3. The fourth-order valence-corrected chi connectivity index (χ4v) is 2.25. The second-order valence-electron chi connectivity index (χ2n) is 5.57. The first-order valence-corrected chi connectivity index (χ1v) is 8.61. The summed E-state index contributed by atoms with van der Waals surface area (Å²) in [6, 6.07) is 13.8. The Balaban J connectivity index is 1.89. The number of para-hydroxylation sites is 1. The molecule has 2 aromatic rings. The SMILES string of the molecule is COCCOc1ccccc1C(=O)NC(=S)NNC(=O)c1ccc(C)cc1. The first-order chi connectivity index (χ1) is 13.0. The van der Waals surface area contributed by atoms with Crippen LogP contribution >= 0.6 is 12.2 Å². The summed E-state index contributed by atoms with van der Waals surface area (Å²) >= 11 is 5.05. The van der Waals surface area contributed by atoms with Crippen molar-refractivity contribution in [3.8, 4) is 5.75 Å². The van der Waals surface area contributed by atoms with Crippen LogP contribution in [0.3, 0.4) is 0 Å². The monoisotopic (exact) mass is 387 g/mol. The van der Waals surface area contributed by atoms with Gasteiger partial charge in [-0.3, -0.25) is 25.8 Å². The van der Waals surface area contributed by atoms with E-state index in [9.17, 15) is 9.59 Å². The molecule has 0 saturated carbocycles. The molecule has 3 N–H and O–H groups in total. The van der Waals surface area contributed by atoms with Crippen molar-refractivity contribution in [1.29, 1.82) is 0 Å². The van der Waals surface area contributed by atoms with Crippen LogP contribution < -0.4 is 20.9 Å². The van der Waals surface area contributed by atoms with Gasteiger partial charge in [-0.25, -0.2) is 0 Å². The lowest BCUT2D eigenvalue weighted by atomic mass is 10.1. The molecular formula is C19H21N3O4S. The second kappa shape index (κ2) is 10.2. The molecule has 0 radical (unpaired) electrons. The van der Waals surface area contributed by atoms with Crippen molar-refractivity contribution in [1.82, 2.24) is 16.2 Å². The van der Waals surface area contributed by atoms with E-state index in [4.69, 9.17) is 21.7 Å². The van der Waals surface area contributed by atoms with E-state index in [-0.39, 0.29) is 11.0 Å². The molecule has 2 aromatic carbocycles. The van der Waals surface area contributed by atoms with E-state index < -0.39 is 5.91 Å². The molecule has 142 valence electrons. The number of hydrazine groups is 1. The van der Waals surface area contributed by atoms with Gasteiger partial charge in [-0.05, 0) is 43.4 Å². The summed E-state index contributed by atoms with van der Waals surface area (Å²) in [5.41, 5.74) is 6.79. The number of methoxy groups -OCH3 is 1. The van der Waals surface area contributed by atoms with Gasteiger partial charge in [0.25, 0.3) is 11.8 Å². The zero-order valence-electron chi connectivity index (χ0n) is 15.1. The maximum Gasteiger partial charge on any atom is 0.269 e. The normalized spacial score (nSPS) is 10.0. The van der Waals surface area contributed by atoms with Crippen LogP contribution in [0.4, 0.5) is 0 Å². The first kappa shape index (κ1) is 20.3. The molecule has 2 rings (SSSR count). The number of nitrogens with one attached hydrogen (secondary N) is 3. The minimum absolute atomic E-state index is 0.0350. The molecule has 0 aromatic heterocycles. The Morgan fingerprint density at radius 1 is 0.963 bits per heavy atom. The molecule has 7 nitrogen and oxygen atoms in total. The Morgan fingerprint density at radius 2 is 1.67 bits per heavy atom. The summed E-state index contributed by atoms with van der Waals surface area (Å²) in [6.45, 7) is 2.65. The number of carbonyl (C=O) groups excluding carboxylic acids is 2. The van der Waals surface area contributed by atoms with Crippen molar-refractivity contribution in [3.63, 3.8) is 0 Å². The van der Waals surface area contributed by atoms with Gasteiger partial charge in [0, 0.05) is 12.7 Å². The summed E-state index contributed by atoms with van der Waals surface area (Å²) in [6.07, 6.45) is 0. The van der Waals surface area contributed by atoms with Gasteiger partial charge >= 0.3 is 0 Å². The van der Waals surface area contributed by atoms with Gasteiger partial charge in [0.15, 0.2) is 5.11 Å². The van der Waals surface area contributed by atoms with Crippen molar-refractivity contribution in [2.24, 2.45) is 0 Å². The maximum atomic E-state index is 12.4.